The van der Waals surface area contributed by atoms with Crippen LogP contribution in [0.1, 0.15) is 19.8 Å². The van der Waals surface area contributed by atoms with Gasteiger partial charge in [0.2, 0.25) is 0 Å². The first-order valence-electron chi connectivity index (χ1n) is 6.30. The minimum Gasteiger partial charge on any atom is -0.481 e. The van der Waals surface area contributed by atoms with Gasteiger partial charge in [0.05, 0.1) is 0 Å². The molecule has 0 amide bonds. The summed E-state index contributed by atoms with van der Waals surface area (Å²) >= 11 is 10.7. The molecule has 0 heterocycles. The third kappa shape index (κ3) is 11.4. The highest BCUT2D eigenvalue weighted by Gasteiger charge is 1.89. The fourth-order valence-electron chi connectivity index (χ4n) is 1.14. The molecular weight excluding hydrogens is 321 g/mol. The summed E-state index contributed by atoms with van der Waals surface area (Å²) in [5, 5.41) is 13.8. The van der Waals surface area contributed by atoms with Crippen molar-refractivity contribution in [3.63, 3.8) is 0 Å². The Morgan fingerprint density at radius 1 is 1.10 bits per heavy atom. The topological polar surface area (TPSA) is 49.3 Å². The average molecular weight is 343 g/mol. The van der Waals surface area contributed by atoms with E-state index < -0.39 is 5.97 Å². The lowest BCUT2D eigenvalue weighted by atomic mass is 10.1. The molecule has 0 unspecified atom stereocenters. The standard InChI is InChI=1S/C6H4.C4H9Cl2N.C4H8O2.ClH/c1-2-6-4-3-5(1)6;5-1-3-7-4-2-6;1-2-3-4(5)6;/h1-4H;7H,1-4H2;2-3H2,1H3,(H,5,6);1H. The normalized spacial score (nSPS) is 9.15. The summed E-state index contributed by atoms with van der Waals surface area (Å²) in [6.45, 7) is 3.55. The van der Waals surface area contributed by atoms with Crippen molar-refractivity contribution in [3.05, 3.63) is 34.7 Å². The van der Waals surface area contributed by atoms with Gasteiger partial charge in [0.15, 0.2) is 0 Å². The van der Waals surface area contributed by atoms with E-state index in [2.05, 4.69) is 29.6 Å². The minimum absolute atomic E-state index is 0. The summed E-state index contributed by atoms with van der Waals surface area (Å²) in [5.74, 6) is 0.617. The molecule has 0 aromatic carbocycles. The molecule has 2 aliphatic carbocycles. The third-order valence-corrected chi connectivity index (χ3v) is 2.60. The highest BCUT2D eigenvalue weighted by molar-refractivity contribution is 6.18. The van der Waals surface area contributed by atoms with Crippen LogP contribution in [0.25, 0.3) is 0 Å². The summed E-state index contributed by atoms with van der Waals surface area (Å²) in [4.78, 5) is 9.60. The van der Waals surface area contributed by atoms with Gasteiger partial charge in [-0.1, -0.05) is 31.2 Å². The molecule has 0 fully saturated rings. The van der Waals surface area contributed by atoms with E-state index in [0.29, 0.717) is 18.2 Å². The van der Waals surface area contributed by atoms with Crippen LogP contribution in [0.15, 0.2) is 24.3 Å². The Hall–Kier alpha value is -0.480. The first-order valence-corrected chi connectivity index (χ1v) is 7.37. The molecule has 0 aromatic heterocycles. The van der Waals surface area contributed by atoms with Gasteiger partial charge in [0.25, 0.3) is 0 Å². The van der Waals surface area contributed by atoms with Crippen LogP contribution in [-0.2, 0) is 4.79 Å². The summed E-state index contributed by atoms with van der Waals surface area (Å²) in [5.41, 5.74) is 0. The van der Waals surface area contributed by atoms with Crippen molar-refractivity contribution in [3.8, 4) is 0 Å². The third-order valence-electron chi connectivity index (χ3n) is 2.22. The molecule has 0 spiro atoms. The van der Waals surface area contributed by atoms with Crippen LogP contribution in [0.3, 0.4) is 0 Å². The number of carboxylic acid groups (broad SMARTS) is 1. The lowest BCUT2D eigenvalue weighted by molar-refractivity contribution is -0.137. The maximum absolute atomic E-state index is 9.60. The zero-order valence-electron chi connectivity index (χ0n) is 11.6. The maximum atomic E-state index is 9.60. The van der Waals surface area contributed by atoms with Gasteiger partial charge in [-0.3, -0.25) is 4.79 Å². The van der Waals surface area contributed by atoms with E-state index in [0.717, 1.165) is 19.5 Å². The Morgan fingerprint density at radius 2 is 1.50 bits per heavy atom. The van der Waals surface area contributed by atoms with Crippen molar-refractivity contribution in [2.75, 3.05) is 24.8 Å². The molecule has 20 heavy (non-hydrogen) atoms. The van der Waals surface area contributed by atoms with E-state index in [-0.39, 0.29) is 12.4 Å². The smallest absolute Gasteiger partial charge is 0.303 e. The van der Waals surface area contributed by atoms with Crippen molar-refractivity contribution in [1.82, 2.24) is 5.32 Å². The predicted octanol–water partition coefficient (Wildman–Crippen LogP) is 3.63. The monoisotopic (exact) mass is 341 g/mol. The van der Waals surface area contributed by atoms with Crippen LogP contribution in [0.4, 0.5) is 0 Å². The van der Waals surface area contributed by atoms with E-state index >= 15 is 0 Å². The second kappa shape index (κ2) is 14.9. The van der Waals surface area contributed by atoms with Gasteiger partial charge >= 0.3 is 5.97 Å². The maximum Gasteiger partial charge on any atom is 0.303 e. The molecule has 0 bridgehead atoms. The van der Waals surface area contributed by atoms with Gasteiger partial charge in [-0.15, -0.1) is 35.6 Å². The molecule has 2 aliphatic rings. The van der Waals surface area contributed by atoms with Crippen LogP contribution < -0.4 is 5.32 Å². The second-order valence-corrected chi connectivity index (χ2v) is 4.60. The Balaban J connectivity index is 0. The molecule has 0 saturated carbocycles. The number of rotatable bonds is 6. The van der Waals surface area contributed by atoms with Crippen LogP contribution in [0.5, 0.6) is 0 Å². The van der Waals surface area contributed by atoms with E-state index in [1.54, 1.807) is 0 Å². The van der Waals surface area contributed by atoms with Crippen molar-refractivity contribution < 1.29 is 9.90 Å². The number of halogens is 3. The lowest BCUT2D eigenvalue weighted by Crippen LogP contribution is -2.18. The average Bonchev–Trinajstić information content (AvgIpc) is 2.36. The lowest BCUT2D eigenvalue weighted by Gasteiger charge is -1.95. The molecule has 2 N–H and O–H groups in total. The van der Waals surface area contributed by atoms with Crippen molar-refractivity contribution in [1.29, 1.82) is 0 Å². The number of alkyl halides is 2. The predicted molar refractivity (Wildman–Crippen MR) is 88.2 cm³/mol. The van der Waals surface area contributed by atoms with E-state index in [9.17, 15) is 4.79 Å². The van der Waals surface area contributed by atoms with Gasteiger partial charge in [0.1, 0.15) is 0 Å². The summed E-state index contributed by atoms with van der Waals surface area (Å²) in [6, 6.07) is 8.48. The van der Waals surface area contributed by atoms with E-state index in [1.165, 1.54) is 10.4 Å². The minimum atomic E-state index is -0.711. The van der Waals surface area contributed by atoms with Gasteiger partial charge in [0, 0.05) is 31.3 Å². The number of hydrogen-bond donors (Lipinski definition) is 2. The first-order chi connectivity index (χ1) is 9.15. The van der Waals surface area contributed by atoms with Crippen LogP contribution in [0.2, 0.25) is 0 Å². The van der Waals surface area contributed by atoms with Gasteiger partial charge in [-0.05, 0) is 16.9 Å². The quantitative estimate of drug-likeness (QED) is 0.622. The Kier molecular flexibility index (Phi) is 16.3. The van der Waals surface area contributed by atoms with Crippen LogP contribution >= 0.6 is 35.6 Å². The second-order valence-electron chi connectivity index (χ2n) is 3.85. The molecular formula is C14H22Cl3NO2. The largest absolute Gasteiger partial charge is 0.481 e. The van der Waals surface area contributed by atoms with Crippen LogP contribution in [0, 0.1) is 10.4 Å². The molecule has 3 nitrogen and oxygen atoms in total. The molecule has 0 radical (unpaired) electrons. The molecule has 2 rings (SSSR count). The molecule has 0 aliphatic heterocycles. The van der Waals surface area contributed by atoms with Crippen molar-refractivity contribution in [2.45, 2.75) is 19.8 Å². The molecule has 0 aromatic rings. The van der Waals surface area contributed by atoms with Gasteiger partial charge in [-0.2, -0.15) is 0 Å². The number of carboxylic acids is 1. The Labute approximate surface area is 136 Å². The molecule has 116 valence electrons. The highest BCUT2D eigenvalue weighted by Crippen LogP contribution is 2.04. The van der Waals surface area contributed by atoms with Gasteiger partial charge in [-0.25, -0.2) is 0 Å². The molecule has 0 atom stereocenters. The fourth-order valence-corrected chi connectivity index (χ4v) is 1.40. The van der Waals surface area contributed by atoms with Crippen molar-refractivity contribution in [2.24, 2.45) is 0 Å². The number of carbonyl (C=O) groups is 1. The summed E-state index contributed by atoms with van der Waals surface area (Å²) in [7, 11) is 0. The highest BCUT2D eigenvalue weighted by atomic mass is 35.5. The van der Waals surface area contributed by atoms with Gasteiger partial charge < -0.3 is 10.4 Å². The zero-order valence-corrected chi connectivity index (χ0v) is 13.9. The number of benzene rings is 1. The SMILES string of the molecule is CCCC(=O)O.Cl.ClCCNCCCl.c1cc2ccc1=2. The van der Waals surface area contributed by atoms with Crippen molar-refractivity contribution >= 4 is 41.6 Å². The Bertz CT molecular complexity index is 386. The van der Waals surface area contributed by atoms with E-state index in [1.807, 2.05) is 6.92 Å². The summed E-state index contributed by atoms with van der Waals surface area (Å²) < 4.78 is 0. The molecule has 6 heteroatoms. The number of aliphatic carboxylic acids is 1. The molecule has 0 saturated heterocycles. The zero-order chi connectivity index (χ0) is 14.5. The summed E-state index contributed by atoms with van der Waals surface area (Å²) in [6.07, 6.45) is 1.02. The number of nitrogens with one attached hydrogen (secondary N) is 1. The fraction of sp³-hybridized carbons (Fsp3) is 0.500. The van der Waals surface area contributed by atoms with Crippen LogP contribution in [-0.4, -0.2) is 35.9 Å². The number of hydrogen-bond acceptors (Lipinski definition) is 2. The Morgan fingerprint density at radius 3 is 1.60 bits per heavy atom. The van der Waals surface area contributed by atoms with E-state index in [4.69, 9.17) is 28.3 Å². The first kappa shape index (κ1) is 21.8.